The number of hydrogen-bond donors (Lipinski definition) is 1. The quantitative estimate of drug-likeness (QED) is 0.184. The van der Waals surface area contributed by atoms with E-state index >= 15 is 0 Å². The largest absolute Gasteiger partial charge is 0.309 e. The summed E-state index contributed by atoms with van der Waals surface area (Å²) < 4.78 is 4.52. The second kappa shape index (κ2) is 10.5. The van der Waals surface area contributed by atoms with Crippen molar-refractivity contribution in [2.45, 2.75) is 38.5 Å². The van der Waals surface area contributed by atoms with E-state index < -0.39 is 0 Å². The summed E-state index contributed by atoms with van der Waals surface area (Å²) in [6, 6.07) is 50.5. The summed E-state index contributed by atoms with van der Waals surface area (Å²) in [5.74, 6) is 0. The minimum absolute atomic E-state index is 0.167. The van der Waals surface area contributed by atoms with Gasteiger partial charge in [0, 0.05) is 44.2 Å². The molecule has 0 aliphatic heterocycles. The van der Waals surface area contributed by atoms with E-state index in [0.717, 1.165) is 60.5 Å². The fraction of sp³-hybridized carbons (Fsp3) is 0.120. The van der Waals surface area contributed by atoms with Crippen LogP contribution >= 0.6 is 0 Å². The van der Waals surface area contributed by atoms with Crippen LogP contribution in [0.1, 0.15) is 61.1 Å². The number of nitrogens with one attached hydrogen (secondary N) is 1. The van der Waals surface area contributed by atoms with Crippen molar-refractivity contribution in [2.75, 3.05) is 0 Å². The molecule has 4 heteroatoms. The van der Waals surface area contributed by atoms with E-state index in [1.165, 1.54) is 50.7 Å². The summed E-state index contributed by atoms with van der Waals surface area (Å²) in [4.78, 5) is 0. The molecule has 2 aliphatic carbocycles. The predicted octanol–water partition coefficient (Wildman–Crippen LogP) is 12.4. The average Bonchev–Trinajstić information content (AvgIpc) is 3.84. The summed E-state index contributed by atoms with van der Waals surface area (Å²) in [6.07, 6.45) is 1.44. The van der Waals surface area contributed by atoms with Crippen molar-refractivity contribution in [1.29, 1.82) is 10.7 Å². The summed E-state index contributed by atoms with van der Waals surface area (Å²) in [5.41, 5.74) is 17.1. The number of nitrogens with zero attached hydrogens (tertiary/aromatic N) is 3. The third-order valence-corrected chi connectivity index (χ3v) is 12.7. The summed E-state index contributed by atoms with van der Waals surface area (Å²) >= 11 is 0. The maximum Gasteiger partial charge on any atom is 0.101 e. The zero-order valence-corrected chi connectivity index (χ0v) is 30.6. The first-order chi connectivity index (χ1) is 26.2. The van der Waals surface area contributed by atoms with Crippen LogP contribution in [0.3, 0.4) is 0 Å². The van der Waals surface area contributed by atoms with Crippen molar-refractivity contribution in [1.82, 2.24) is 9.13 Å². The Labute approximate surface area is 313 Å². The van der Waals surface area contributed by atoms with E-state index in [9.17, 15) is 5.26 Å². The molecular weight excluding hydrogens is 657 g/mol. The molecular formula is C50H36N4. The maximum atomic E-state index is 11.0. The van der Waals surface area contributed by atoms with Gasteiger partial charge in [-0.25, -0.2) is 0 Å². The van der Waals surface area contributed by atoms with E-state index in [2.05, 4.69) is 164 Å². The predicted molar refractivity (Wildman–Crippen MR) is 223 cm³/mol. The van der Waals surface area contributed by atoms with E-state index in [1.54, 1.807) is 0 Å². The standard InChI is InChI=1S/C50H36N4/c1-49(2)39-17-9-5-13-31(39)35-23-37-33-15-7-11-19-43(33)53(47(37)25-41(35)49)45-21-30(28-52)46(22-29(45)27-51)54-44-20-12-8-16-34(44)38-24-36-32-14-6-10-18-40(32)50(3,4)42(36)26-48(38)54/h5-27,51H,1-4H3. The fourth-order valence-electron chi connectivity index (χ4n) is 10.0. The summed E-state index contributed by atoms with van der Waals surface area (Å²) in [5, 5.41) is 24.4. The molecule has 0 radical (unpaired) electrons. The zero-order valence-electron chi connectivity index (χ0n) is 30.6. The van der Waals surface area contributed by atoms with Crippen molar-refractivity contribution < 1.29 is 0 Å². The Bertz CT molecular complexity index is 3190. The lowest BCUT2D eigenvalue weighted by Crippen LogP contribution is -2.15. The first-order valence-corrected chi connectivity index (χ1v) is 18.7. The van der Waals surface area contributed by atoms with Crippen LogP contribution in [0.25, 0.3) is 77.2 Å². The molecule has 2 aromatic heterocycles. The smallest absolute Gasteiger partial charge is 0.101 e. The number of fused-ring (bicyclic) bond motifs is 12. The number of hydrogen-bond acceptors (Lipinski definition) is 2. The molecule has 0 amide bonds. The Kier molecular flexibility index (Phi) is 5.98. The third kappa shape index (κ3) is 3.78. The number of rotatable bonds is 3. The van der Waals surface area contributed by atoms with Crippen LogP contribution in [0.5, 0.6) is 0 Å². The summed E-state index contributed by atoms with van der Waals surface area (Å²) in [7, 11) is 0. The second-order valence-corrected chi connectivity index (χ2v) is 16.1. The minimum atomic E-state index is -0.171. The van der Waals surface area contributed by atoms with Gasteiger partial charge in [-0.1, -0.05) is 113 Å². The molecule has 1 N–H and O–H groups in total. The Morgan fingerprint density at radius 1 is 0.481 bits per heavy atom. The SMILES string of the molecule is CC1(C)c2ccccc2-c2cc3c4ccccc4n(-c4cc(C=N)c(-n5c6ccccc6c6cc7c(cc65)C(C)(C)c5ccccc5-7)cc4C#N)c3cc21. The number of para-hydroxylation sites is 2. The van der Waals surface area contributed by atoms with Gasteiger partial charge in [0.05, 0.1) is 39.0 Å². The number of aromatic nitrogens is 2. The van der Waals surface area contributed by atoms with Crippen molar-refractivity contribution in [2.24, 2.45) is 0 Å². The van der Waals surface area contributed by atoms with Crippen LogP contribution < -0.4 is 0 Å². The maximum absolute atomic E-state index is 11.0. The molecule has 0 spiro atoms. The lowest BCUT2D eigenvalue weighted by molar-refractivity contribution is 0.661. The molecule has 0 saturated carbocycles. The van der Waals surface area contributed by atoms with Crippen molar-refractivity contribution in [3.63, 3.8) is 0 Å². The minimum Gasteiger partial charge on any atom is -0.309 e. The number of benzene rings is 7. The molecule has 0 fully saturated rings. The summed E-state index contributed by atoms with van der Waals surface area (Å²) in [6.45, 7) is 9.23. The topological polar surface area (TPSA) is 57.5 Å². The molecule has 9 aromatic rings. The van der Waals surface area contributed by atoms with E-state index in [-0.39, 0.29) is 10.8 Å². The molecule has 2 heterocycles. The van der Waals surface area contributed by atoms with Crippen LogP contribution in [-0.4, -0.2) is 15.3 Å². The van der Waals surface area contributed by atoms with E-state index in [1.807, 2.05) is 12.1 Å². The van der Waals surface area contributed by atoms with Gasteiger partial charge in [0.2, 0.25) is 0 Å². The molecule has 256 valence electrons. The zero-order chi connectivity index (χ0) is 36.7. The van der Waals surface area contributed by atoms with Crippen LogP contribution in [0.4, 0.5) is 0 Å². The first kappa shape index (κ1) is 30.9. The van der Waals surface area contributed by atoms with Crippen LogP contribution in [0.15, 0.2) is 133 Å². The highest BCUT2D eigenvalue weighted by atomic mass is 15.0. The van der Waals surface area contributed by atoms with Gasteiger partial charge >= 0.3 is 0 Å². The molecule has 2 aliphatic rings. The van der Waals surface area contributed by atoms with Crippen molar-refractivity contribution >= 4 is 49.8 Å². The molecule has 0 saturated heterocycles. The molecule has 54 heavy (non-hydrogen) atoms. The average molecular weight is 693 g/mol. The second-order valence-electron chi connectivity index (χ2n) is 16.1. The molecule has 0 bridgehead atoms. The fourth-order valence-corrected chi connectivity index (χ4v) is 10.0. The van der Waals surface area contributed by atoms with Gasteiger partial charge in [0.25, 0.3) is 0 Å². The van der Waals surface area contributed by atoms with Crippen molar-refractivity contribution in [3.8, 4) is 39.7 Å². The van der Waals surface area contributed by atoms with Gasteiger partial charge < -0.3 is 14.5 Å². The monoisotopic (exact) mass is 692 g/mol. The van der Waals surface area contributed by atoms with E-state index in [0.29, 0.717) is 5.56 Å². The van der Waals surface area contributed by atoms with Crippen LogP contribution in [0.2, 0.25) is 0 Å². The lowest BCUT2D eigenvalue weighted by Gasteiger charge is -2.22. The number of nitriles is 1. The van der Waals surface area contributed by atoms with E-state index in [4.69, 9.17) is 5.41 Å². The molecule has 4 nitrogen and oxygen atoms in total. The van der Waals surface area contributed by atoms with Crippen LogP contribution in [-0.2, 0) is 10.8 Å². The highest BCUT2D eigenvalue weighted by Crippen LogP contribution is 2.53. The van der Waals surface area contributed by atoms with Gasteiger partial charge in [-0.05, 0) is 93.0 Å². The Morgan fingerprint density at radius 3 is 1.44 bits per heavy atom. The Balaban J connectivity index is 1.19. The van der Waals surface area contributed by atoms with Gasteiger partial charge in [-0.2, -0.15) is 5.26 Å². The molecule has 0 unspecified atom stereocenters. The van der Waals surface area contributed by atoms with Gasteiger partial charge in [-0.3, -0.25) is 0 Å². The Morgan fingerprint density at radius 2 is 0.944 bits per heavy atom. The highest BCUT2D eigenvalue weighted by Gasteiger charge is 2.38. The third-order valence-electron chi connectivity index (χ3n) is 12.7. The molecule has 0 atom stereocenters. The van der Waals surface area contributed by atoms with Gasteiger partial charge in [0.15, 0.2) is 0 Å². The normalized spacial score (nSPS) is 14.6. The molecule has 11 rings (SSSR count). The van der Waals surface area contributed by atoms with Gasteiger partial charge in [0.1, 0.15) is 6.07 Å². The Hall–Kier alpha value is -6.70. The van der Waals surface area contributed by atoms with Crippen molar-refractivity contribution in [3.05, 3.63) is 167 Å². The molecule has 7 aromatic carbocycles. The first-order valence-electron chi connectivity index (χ1n) is 18.7. The van der Waals surface area contributed by atoms with Crippen LogP contribution in [0, 0.1) is 16.7 Å². The lowest BCUT2D eigenvalue weighted by atomic mass is 9.82. The highest BCUT2D eigenvalue weighted by molar-refractivity contribution is 6.14. The van der Waals surface area contributed by atoms with Gasteiger partial charge in [-0.15, -0.1) is 0 Å².